The van der Waals surface area contributed by atoms with E-state index in [1.165, 1.54) is 0 Å². The van der Waals surface area contributed by atoms with Gasteiger partial charge in [0.2, 0.25) is 5.88 Å². The zero-order valence-corrected chi connectivity index (χ0v) is 8.28. The second-order valence-electron chi connectivity index (χ2n) is 2.99. The highest BCUT2D eigenvalue weighted by molar-refractivity contribution is 5.17. The molecule has 3 heteroatoms. The van der Waals surface area contributed by atoms with Gasteiger partial charge in [0.25, 0.3) is 0 Å². The number of unbranched alkanes of at least 4 members (excludes halogenated alkanes) is 1. The predicted octanol–water partition coefficient (Wildman–Crippen LogP) is 1.89. The van der Waals surface area contributed by atoms with E-state index in [0.29, 0.717) is 19.0 Å². The van der Waals surface area contributed by atoms with Crippen molar-refractivity contribution < 1.29 is 4.74 Å². The third-order valence-electron chi connectivity index (χ3n) is 1.84. The standard InChI is InChI=1S/C11H16N2O/c1-2-3-4-7-14-11-6-5-10(8-12)9-13-11/h2,5-6,9H,1,3-4,7-8,12H2. The fraction of sp³-hybridized carbons (Fsp3) is 0.364. The van der Waals surface area contributed by atoms with E-state index >= 15 is 0 Å². The summed E-state index contributed by atoms with van der Waals surface area (Å²) in [6.07, 6.45) is 5.57. The first-order chi connectivity index (χ1) is 6.86. The molecular weight excluding hydrogens is 176 g/mol. The van der Waals surface area contributed by atoms with E-state index in [9.17, 15) is 0 Å². The average molecular weight is 192 g/mol. The molecule has 1 aromatic rings. The van der Waals surface area contributed by atoms with Crippen LogP contribution in [0.5, 0.6) is 5.88 Å². The third kappa shape index (κ3) is 3.58. The van der Waals surface area contributed by atoms with Crippen LogP contribution >= 0.6 is 0 Å². The number of pyridine rings is 1. The molecule has 0 atom stereocenters. The van der Waals surface area contributed by atoms with Gasteiger partial charge in [0.15, 0.2) is 0 Å². The molecule has 0 aliphatic rings. The normalized spacial score (nSPS) is 9.79. The van der Waals surface area contributed by atoms with Crippen LogP contribution in [-0.2, 0) is 6.54 Å². The summed E-state index contributed by atoms with van der Waals surface area (Å²) in [7, 11) is 0. The Morgan fingerprint density at radius 2 is 2.36 bits per heavy atom. The monoisotopic (exact) mass is 192 g/mol. The van der Waals surface area contributed by atoms with Crippen molar-refractivity contribution in [3.05, 3.63) is 36.5 Å². The molecule has 0 fully saturated rings. The molecule has 0 saturated heterocycles. The largest absolute Gasteiger partial charge is 0.478 e. The molecule has 0 bridgehead atoms. The molecule has 0 amide bonds. The number of ether oxygens (including phenoxy) is 1. The zero-order chi connectivity index (χ0) is 10.2. The van der Waals surface area contributed by atoms with E-state index in [0.717, 1.165) is 18.4 Å². The summed E-state index contributed by atoms with van der Waals surface area (Å²) in [6, 6.07) is 3.77. The maximum atomic E-state index is 5.45. The molecule has 0 spiro atoms. The van der Waals surface area contributed by atoms with Crippen LogP contribution in [0, 0.1) is 0 Å². The topological polar surface area (TPSA) is 48.1 Å². The van der Waals surface area contributed by atoms with Gasteiger partial charge in [0.1, 0.15) is 0 Å². The van der Waals surface area contributed by atoms with Crippen LogP contribution in [0.25, 0.3) is 0 Å². The number of nitrogens with two attached hydrogens (primary N) is 1. The fourth-order valence-electron chi connectivity index (χ4n) is 1.02. The lowest BCUT2D eigenvalue weighted by atomic mass is 10.3. The smallest absolute Gasteiger partial charge is 0.213 e. The van der Waals surface area contributed by atoms with Crippen molar-refractivity contribution in [3.63, 3.8) is 0 Å². The highest BCUT2D eigenvalue weighted by Gasteiger charge is 1.94. The Kier molecular flexibility index (Phi) is 4.72. The number of nitrogens with zero attached hydrogens (tertiary/aromatic N) is 1. The number of rotatable bonds is 6. The van der Waals surface area contributed by atoms with Gasteiger partial charge < -0.3 is 10.5 Å². The lowest BCUT2D eigenvalue weighted by molar-refractivity contribution is 0.300. The molecule has 1 rings (SSSR count). The summed E-state index contributed by atoms with van der Waals surface area (Å²) in [5.74, 6) is 0.659. The Labute approximate surface area is 84.6 Å². The van der Waals surface area contributed by atoms with Crippen LogP contribution in [0.1, 0.15) is 18.4 Å². The quantitative estimate of drug-likeness (QED) is 0.553. The van der Waals surface area contributed by atoms with Gasteiger partial charge in [0, 0.05) is 18.8 Å². The summed E-state index contributed by atoms with van der Waals surface area (Å²) in [5, 5.41) is 0. The van der Waals surface area contributed by atoms with E-state index in [-0.39, 0.29) is 0 Å². The molecule has 3 nitrogen and oxygen atoms in total. The second-order valence-corrected chi connectivity index (χ2v) is 2.99. The van der Waals surface area contributed by atoms with Crippen molar-refractivity contribution in [2.75, 3.05) is 6.61 Å². The van der Waals surface area contributed by atoms with E-state index in [1.54, 1.807) is 6.20 Å². The van der Waals surface area contributed by atoms with Crippen molar-refractivity contribution in [2.24, 2.45) is 5.73 Å². The minimum absolute atomic E-state index is 0.518. The average Bonchev–Trinajstić information content (AvgIpc) is 2.25. The molecule has 1 heterocycles. The van der Waals surface area contributed by atoms with Gasteiger partial charge in [-0.05, 0) is 18.4 Å². The Morgan fingerprint density at radius 1 is 1.50 bits per heavy atom. The summed E-state index contributed by atoms with van der Waals surface area (Å²) in [6.45, 7) is 4.84. The van der Waals surface area contributed by atoms with Gasteiger partial charge in [0.05, 0.1) is 6.61 Å². The second kappa shape index (κ2) is 6.16. The van der Waals surface area contributed by atoms with Gasteiger partial charge in [-0.3, -0.25) is 0 Å². The van der Waals surface area contributed by atoms with Crippen molar-refractivity contribution in [2.45, 2.75) is 19.4 Å². The maximum Gasteiger partial charge on any atom is 0.213 e. The Hall–Kier alpha value is -1.35. The Bertz CT molecular complexity index is 269. The molecule has 0 unspecified atom stereocenters. The Morgan fingerprint density at radius 3 is 2.93 bits per heavy atom. The third-order valence-corrected chi connectivity index (χ3v) is 1.84. The molecule has 2 N–H and O–H groups in total. The van der Waals surface area contributed by atoms with Crippen LogP contribution in [0.2, 0.25) is 0 Å². The first-order valence-electron chi connectivity index (χ1n) is 4.75. The number of aromatic nitrogens is 1. The molecule has 0 saturated carbocycles. The van der Waals surface area contributed by atoms with Crippen LogP contribution in [0.15, 0.2) is 31.0 Å². The molecule has 0 aromatic carbocycles. The molecule has 0 aliphatic heterocycles. The summed E-state index contributed by atoms with van der Waals surface area (Å²) in [5.41, 5.74) is 6.46. The van der Waals surface area contributed by atoms with E-state index in [4.69, 9.17) is 10.5 Å². The van der Waals surface area contributed by atoms with Crippen molar-refractivity contribution in [1.29, 1.82) is 0 Å². The zero-order valence-electron chi connectivity index (χ0n) is 8.28. The molecular formula is C11H16N2O. The van der Waals surface area contributed by atoms with Crippen molar-refractivity contribution in [1.82, 2.24) is 4.98 Å². The van der Waals surface area contributed by atoms with Gasteiger partial charge >= 0.3 is 0 Å². The van der Waals surface area contributed by atoms with Crippen LogP contribution < -0.4 is 10.5 Å². The van der Waals surface area contributed by atoms with Gasteiger partial charge in [-0.2, -0.15) is 0 Å². The van der Waals surface area contributed by atoms with E-state index < -0.39 is 0 Å². The highest BCUT2D eigenvalue weighted by Crippen LogP contribution is 2.07. The van der Waals surface area contributed by atoms with Gasteiger partial charge in [-0.1, -0.05) is 12.1 Å². The van der Waals surface area contributed by atoms with E-state index in [1.807, 2.05) is 18.2 Å². The minimum atomic E-state index is 0.518. The summed E-state index contributed by atoms with van der Waals surface area (Å²) >= 11 is 0. The molecule has 76 valence electrons. The summed E-state index contributed by atoms with van der Waals surface area (Å²) in [4.78, 5) is 4.12. The number of allylic oxidation sites excluding steroid dienone is 1. The lowest BCUT2D eigenvalue weighted by Crippen LogP contribution is -2.00. The van der Waals surface area contributed by atoms with Crippen molar-refractivity contribution in [3.8, 4) is 5.88 Å². The molecule has 1 aromatic heterocycles. The Balaban J connectivity index is 2.32. The van der Waals surface area contributed by atoms with Crippen LogP contribution in [0.4, 0.5) is 0 Å². The summed E-state index contributed by atoms with van der Waals surface area (Å²) < 4.78 is 5.41. The minimum Gasteiger partial charge on any atom is -0.478 e. The first kappa shape index (κ1) is 10.7. The highest BCUT2D eigenvalue weighted by atomic mass is 16.5. The van der Waals surface area contributed by atoms with E-state index in [2.05, 4.69) is 11.6 Å². The SMILES string of the molecule is C=CCCCOc1ccc(CN)cn1. The van der Waals surface area contributed by atoms with Gasteiger partial charge in [-0.15, -0.1) is 6.58 Å². The predicted molar refractivity (Wildman–Crippen MR) is 57.1 cm³/mol. The van der Waals surface area contributed by atoms with Crippen LogP contribution in [0.3, 0.4) is 0 Å². The fourth-order valence-corrected chi connectivity index (χ4v) is 1.02. The molecule has 0 radical (unpaired) electrons. The molecule has 14 heavy (non-hydrogen) atoms. The van der Waals surface area contributed by atoms with Crippen molar-refractivity contribution >= 4 is 0 Å². The number of hydrogen-bond acceptors (Lipinski definition) is 3. The number of hydrogen-bond donors (Lipinski definition) is 1. The lowest BCUT2D eigenvalue weighted by Gasteiger charge is -2.04. The van der Waals surface area contributed by atoms with Crippen LogP contribution in [-0.4, -0.2) is 11.6 Å². The molecule has 0 aliphatic carbocycles. The van der Waals surface area contributed by atoms with Gasteiger partial charge in [-0.25, -0.2) is 4.98 Å². The first-order valence-corrected chi connectivity index (χ1v) is 4.75. The maximum absolute atomic E-state index is 5.45.